The summed E-state index contributed by atoms with van der Waals surface area (Å²) in [5, 5.41) is 255. The second-order valence-corrected chi connectivity index (χ2v) is 35.3. The van der Waals surface area contributed by atoms with Gasteiger partial charge in [0.2, 0.25) is 47.3 Å². The lowest BCUT2D eigenvalue weighted by molar-refractivity contribution is -0.303. The summed E-state index contributed by atoms with van der Waals surface area (Å²) in [6, 6.07) is -2.62. The molecule has 32 atom stereocenters. The number of hydrogen-bond donors (Lipinski definition) is 30. The number of carbonyl (C=O) groups excluding carboxylic acids is 10. The molecule has 6 aliphatic rings. The number of aliphatic hydroxyl groups is 24. The molecule has 0 saturated carbocycles. The molecule has 30 N–H and O–H groups in total. The third kappa shape index (κ3) is 43.6. The van der Waals surface area contributed by atoms with Gasteiger partial charge in [0, 0.05) is 104 Å². The SMILES string of the molecule is C.CCC(=O)CCCCCCC(=O)N[C@@H](CC(=O)NCCCCCC(=O)N(CCO[C@H]1O[C@H](CO)[C@@H](O)[C@H](O)[C@@H]1O)CCO[C@H]1O[C@H](CO)[C@@H](O)[C@H](O)[C@@H]1O)C(=O)NCCO[C@H]1O[C@H](CO)[C@@H](O)[C@H](O)[C@@H]1O.CCC(=O)CCCCCCC(=O)N[C@@H](CC(=O)NCCCCCC(=O)N(CCO[C@H]1O[C@H](CO)[C@@H](O)[C@H](O)[C@@H]1O)CCO[C@H]1O[C@H](CO)[C@@H](O)[C@H](O)[C@@H]1O)C(=O)NCCO[C@H]1O[C@H](CO)[C@@H](O)[C@H](O)[C@@H]1O. The zero-order valence-electron chi connectivity index (χ0n) is 80.2. The van der Waals surface area contributed by atoms with E-state index in [1.807, 2.05) is 0 Å². The minimum Gasteiger partial charge on any atom is -0.394 e. The largest absolute Gasteiger partial charge is 0.394 e. The topological polar surface area (TPSA) is 846 Å². The highest BCUT2D eigenvalue weighted by Crippen LogP contribution is 2.29. The van der Waals surface area contributed by atoms with E-state index in [1.165, 1.54) is 9.80 Å². The summed E-state index contributed by atoms with van der Waals surface area (Å²) in [6.45, 7) is -2.72. The monoisotopic (exact) mass is 2080 g/mol. The van der Waals surface area contributed by atoms with Crippen molar-refractivity contribution in [2.45, 2.75) is 372 Å². The minimum atomic E-state index is -1.70. The summed E-state index contributed by atoms with van der Waals surface area (Å²) < 4.78 is 65.1. The Hall–Kier alpha value is -6.34. The highest BCUT2D eigenvalue weighted by molar-refractivity contribution is 5.93. The fraction of sp³-hybridized carbons (Fsp3) is 0.888. The van der Waals surface area contributed by atoms with Gasteiger partial charge in [-0.15, -0.1) is 0 Å². The molecule has 54 heteroatoms. The van der Waals surface area contributed by atoms with Crippen LogP contribution in [0.5, 0.6) is 0 Å². The number of unbranched alkanes of at least 4 members (excludes halogenated alkanes) is 10. The van der Waals surface area contributed by atoms with Crippen LogP contribution in [0.25, 0.3) is 0 Å². The molecule has 832 valence electrons. The normalized spacial score (nSPS) is 31.1. The number of ether oxygens (including phenoxy) is 12. The lowest BCUT2D eigenvalue weighted by Crippen LogP contribution is -2.59. The highest BCUT2D eigenvalue weighted by atomic mass is 16.7. The first kappa shape index (κ1) is 129. The number of ketones is 2. The Morgan fingerprint density at radius 1 is 0.259 bits per heavy atom. The van der Waals surface area contributed by atoms with Gasteiger partial charge in [0.05, 0.1) is 92.1 Å². The number of rotatable bonds is 66. The maximum Gasteiger partial charge on any atom is 0.243 e. The molecule has 0 aliphatic carbocycles. The van der Waals surface area contributed by atoms with Crippen molar-refractivity contribution in [3.63, 3.8) is 0 Å². The van der Waals surface area contributed by atoms with Crippen LogP contribution >= 0.6 is 0 Å². The van der Waals surface area contributed by atoms with Crippen molar-refractivity contribution in [3.05, 3.63) is 0 Å². The molecule has 0 radical (unpaired) electrons. The van der Waals surface area contributed by atoms with Gasteiger partial charge in [0.15, 0.2) is 37.7 Å². The smallest absolute Gasteiger partial charge is 0.243 e. The summed E-state index contributed by atoms with van der Waals surface area (Å²) in [6.07, 6.45) is -37.5. The van der Waals surface area contributed by atoms with Crippen molar-refractivity contribution in [3.8, 4) is 0 Å². The second kappa shape index (κ2) is 69.9. The molecule has 0 aromatic rings. The molecular formula is C89H160N8O46. The summed E-state index contributed by atoms with van der Waals surface area (Å²) >= 11 is 0. The summed E-state index contributed by atoms with van der Waals surface area (Å²) in [4.78, 5) is 131. The average molecular weight is 2080 g/mol. The van der Waals surface area contributed by atoms with Crippen LogP contribution < -0.4 is 31.9 Å². The van der Waals surface area contributed by atoms with Crippen LogP contribution in [-0.4, -0.2) is 519 Å². The van der Waals surface area contributed by atoms with Crippen molar-refractivity contribution in [2.75, 3.05) is 132 Å². The van der Waals surface area contributed by atoms with E-state index in [2.05, 4.69) is 31.9 Å². The van der Waals surface area contributed by atoms with Gasteiger partial charge in [-0.1, -0.05) is 59.8 Å². The Morgan fingerprint density at radius 3 is 0.706 bits per heavy atom. The minimum absolute atomic E-state index is 0. The van der Waals surface area contributed by atoms with E-state index in [-0.39, 0.29) is 137 Å². The van der Waals surface area contributed by atoms with Gasteiger partial charge in [-0.2, -0.15) is 0 Å². The first-order valence-electron chi connectivity index (χ1n) is 48.6. The molecule has 0 aromatic carbocycles. The highest BCUT2D eigenvalue weighted by Gasteiger charge is 2.50. The Bertz CT molecular complexity index is 3310. The fourth-order valence-electron chi connectivity index (χ4n) is 15.7. The maximum absolute atomic E-state index is 13.5. The van der Waals surface area contributed by atoms with Crippen LogP contribution in [0.2, 0.25) is 0 Å². The molecule has 143 heavy (non-hydrogen) atoms. The molecule has 6 fully saturated rings. The lowest BCUT2D eigenvalue weighted by atomic mass is 9.99. The van der Waals surface area contributed by atoms with Gasteiger partial charge < -0.3 is 221 Å². The van der Waals surface area contributed by atoms with E-state index >= 15 is 0 Å². The van der Waals surface area contributed by atoms with Crippen LogP contribution in [0.4, 0.5) is 0 Å². The van der Waals surface area contributed by atoms with Crippen LogP contribution in [0.1, 0.15) is 175 Å². The predicted molar refractivity (Wildman–Crippen MR) is 486 cm³/mol. The van der Waals surface area contributed by atoms with E-state index in [9.17, 15) is 171 Å². The van der Waals surface area contributed by atoms with Gasteiger partial charge in [0.1, 0.15) is 170 Å². The van der Waals surface area contributed by atoms with Crippen molar-refractivity contribution in [1.82, 2.24) is 41.7 Å². The molecule has 0 spiro atoms. The predicted octanol–water partition coefficient (Wildman–Crippen LogP) is -12.9. The van der Waals surface area contributed by atoms with Crippen molar-refractivity contribution in [2.24, 2.45) is 0 Å². The van der Waals surface area contributed by atoms with E-state index < -0.39 is 296 Å². The molecule has 0 aromatic heterocycles. The zero-order valence-corrected chi connectivity index (χ0v) is 80.2. The zero-order chi connectivity index (χ0) is 105. The van der Waals surface area contributed by atoms with Crippen LogP contribution in [0.3, 0.4) is 0 Å². The van der Waals surface area contributed by atoms with E-state index in [1.54, 1.807) is 13.8 Å². The van der Waals surface area contributed by atoms with E-state index in [0.29, 0.717) is 103 Å². The Morgan fingerprint density at radius 2 is 0.476 bits per heavy atom. The number of aliphatic hydroxyl groups excluding tert-OH is 24. The summed E-state index contributed by atoms with van der Waals surface area (Å²) in [7, 11) is 0. The summed E-state index contributed by atoms with van der Waals surface area (Å²) in [5.74, 6) is -4.09. The fourth-order valence-corrected chi connectivity index (χ4v) is 15.7. The van der Waals surface area contributed by atoms with E-state index in [4.69, 9.17) is 56.8 Å². The number of nitrogens with one attached hydrogen (secondary N) is 6. The first-order chi connectivity index (χ1) is 67.8. The van der Waals surface area contributed by atoms with Crippen molar-refractivity contribution >= 4 is 58.8 Å². The molecule has 6 saturated heterocycles. The molecule has 6 heterocycles. The first-order valence-corrected chi connectivity index (χ1v) is 48.6. The number of hydrogen-bond acceptors (Lipinski definition) is 46. The molecule has 54 nitrogen and oxygen atoms in total. The third-order valence-corrected chi connectivity index (χ3v) is 24.6. The molecular weight excluding hydrogens is 1920 g/mol. The maximum atomic E-state index is 13.5. The van der Waals surface area contributed by atoms with Crippen LogP contribution in [-0.2, 0) is 105 Å². The number of Topliss-reactive ketones (excluding diaryl/α,β-unsaturated/α-hetero) is 2. The number of nitrogens with zero attached hydrogens (tertiary/aromatic N) is 2. The lowest BCUT2D eigenvalue weighted by Gasteiger charge is -2.40. The van der Waals surface area contributed by atoms with E-state index in [0.717, 1.165) is 12.8 Å². The molecule has 6 rings (SSSR count). The van der Waals surface area contributed by atoms with Crippen LogP contribution in [0, 0.1) is 0 Å². The van der Waals surface area contributed by atoms with Gasteiger partial charge >= 0.3 is 0 Å². The van der Waals surface area contributed by atoms with Gasteiger partial charge in [-0.3, -0.25) is 47.9 Å². The number of amides is 8. The van der Waals surface area contributed by atoms with Crippen molar-refractivity contribution in [1.29, 1.82) is 0 Å². The Balaban J connectivity index is 0.000000592. The van der Waals surface area contributed by atoms with Gasteiger partial charge in [-0.05, 0) is 51.4 Å². The number of carbonyl (C=O) groups is 10. The molecule has 0 bridgehead atoms. The van der Waals surface area contributed by atoms with Crippen LogP contribution in [0.15, 0.2) is 0 Å². The van der Waals surface area contributed by atoms with Gasteiger partial charge in [0.25, 0.3) is 0 Å². The Labute approximate surface area is 828 Å². The molecule has 8 amide bonds. The third-order valence-electron chi connectivity index (χ3n) is 24.6. The summed E-state index contributed by atoms with van der Waals surface area (Å²) in [5.41, 5.74) is 0. The molecule has 6 aliphatic heterocycles. The average Bonchev–Trinajstić information content (AvgIpc) is 0.840. The van der Waals surface area contributed by atoms with Gasteiger partial charge in [-0.25, -0.2) is 0 Å². The standard InChI is InChI=1S/2C44H78N4O23.CH4/c2*1-2-24(52)10-6-3-4-7-11-29(53)47-25(41(65)46-14-17-66-42-38(62)35(59)32(56)26(21-49)69-42)20-30(54)45-13-9-5-8-12-31(55)48(15-18-67-43-39(63)36(60)33(57)27(22-50)70-43)16-19-68-44-40(64)37(61)34(58)28(23-51)71-44;/h2*25-28,32-40,42-44,49-51,56-64H,2-23H2,1H3,(H,45,54)(H,46,65)(H,47,53);1H4/t2*25-,26+,27+,28+,32+,33+,34+,35-,36-,37-,38-,39-,40-,42-,43-,44-;/m00./s1. The Kier molecular flexibility index (Phi) is 63.0. The molecule has 0 unspecified atom stereocenters. The van der Waals surface area contributed by atoms with Crippen molar-refractivity contribution < 1.29 is 227 Å². The second-order valence-electron chi connectivity index (χ2n) is 35.3. The quantitative estimate of drug-likeness (QED) is 0.0251.